The average molecular weight is 215 g/mol. The normalized spacial score (nSPS) is 12.3. The minimum Gasteiger partial charge on any atom is -0.508 e. The first-order valence-corrected chi connectivity index (χ1v) is 5.05. The first kappa shape index (κ1) is 10.7. The fourth-order valence-electron chi connectivity index (χ4n) is 1.65. The molecule has 3 N–H and O–H groups in total. The lowest BCUT2D eigenvalue weighted by Crippen LogP contribution is -2.18. The van der Waals surface area contributed by atoms with Crippen LogP contribution in [0.4, 0.5) is 0 Å². The van der Waals surface area contributed by atoms with Crippen LogP contribution in [0.3, 0.4) is 0 Å². The zero-order valence-corrected chi connectivity index (χ0v) is 8.67. The highest BCUT2D eigenvalue weighted by atomic mass is 16.5. The van der Waals surface area contributed by atoms with E-state index < -0.39 is 0 Å². The molecule has 0 fully saturated rings. The number of hydroxylamine groups is 1. The summed E-state index contributed by atoms with van der Waals surface area (Å²) in [4.78, 5) is 0. The van der Waals surface area contributed by atoms with Gasteiger partial charge in [0.25, 0.3) is 0 Å². The summed E-state index contributed by atoms with van der Waals surface area (Å²) in [6, 6.07) is 16.1. The van der Waals surface area contributed by atoms with Gasteiger partial charge in [0.05, 0.1) is 6.04 Å². The second kappa shape index (κ2) is 4.79. The second-order valence-corrected chi connectivity index (χ2v) is 3.56. The standard InChI is InChI=1S/C13H13NO2/c15-12-8-6-11(7-9-12)13(14-16)10-4-2-1-3-5-10/h1-9,13-16H. The average Bonchev–Trinajstić information content (AvgIpc) is 2.34. The number of phenols is 1. The molecule has 3 heteroatoms. The predicted molar refractivity (Wildman–Crippen MR) is 61.3 cm³/mol. The number of rotatable bonds is 3. The number of hydrogen-bond acceptors (Lipinski definition) is 3. The molecule has 16 heavy (non-hydrogen) atoms. The Kier molecular flexibility index (Phi) is 3.19. The van der Waals surface area contributed by atoms with Gasteiger partial charge in [-0.3, -0.25) is 0 Å². The molecule has 0 heterocycles. The van der Waals surface area contributed by atoms with Crippen LogP contribution in [0.15, 0.2) is 54.6 Å². The predicted octanol–water partition coefficient (Wildman–Crippen LogP) is 2.46. The summed E-state index contributed by atoms with van der Waals surface area (Å²) in [7, 11) is 0. The third-order valence-electron chi connectivity index (χ3n) is 2.49. The molecule has 1 unspecified atom stereocenters. The molecule has 0 spiro atoms. The molecule has 0 aliphatic rings. The van der Waals surface area contributed by atoms with E-state index in [0.717, 1.165) is 11.1 Å². The molecular formula is C13H13NO2. The lowest BCUT2D eigenvalue weighted by atomic mass is 9.99. The van der Waals surface area contributed by atoms with E-state index in [0.29, 0.717) is 0 Å². The number of aromatic hydroxyl groups is 1. The smallest absolute Gasteiger partial charge is 0.115 e. The van der Waals surface area contributed by atoms with Gasteiger partial charge in [0, 0.05) is 0 Å². The van der Waals surface area contributed by atoms with Gasteiger partial charge in [-0.2, -0.15) is 5.48 Å². The summed E-state index contributed by atoms with van der Waals surface area (Å²) < 4.78 is 0. The Morgan fingerprint density at radius 1 is 0.812 bits per heavy atom. The zero-order chi connectivity index (χ0) is 11.4. The summed E-state index contributed by atoms with van der Waals surface area (Å²) in [5.74, 6) is 0.216. The maximum Gasteiger partial charge on any atom is 0.115 e. The molecule has 0 aliphatic carbocycles. The summed E-state index contributed by atoms with van der Waals surface area (Å²) in [6.45, 7) is 0. The SMILES string of the molecule is ONC(c1ccccc1)c1ccc(O)cc1. The van der Waals surface area contributed by atoms with Crippen LogP contribution >= 0.6 is 0 Å². The third-order valence-corrected chi connectivity index (χ3v) is 2.49. The van der Waals surface area contributed by atoms with Crippen LogP contribution in [0.25, 0.3) is 0 Å². The van der Waals surface area contributed by atoms with Crippen LogP contribution in [-0.4, -0.2) is 10.3 Å². The monoisotopic (exact) mass is 215 g/mol. The lowest BCUT2D eigenvalue weighted by molar-refractivity contribution is 0.141. The van der Waals surface area contributed by atoms with Crippen molar-refractivity contribution in [2.24, 2.45) is 0 Å². The molecule has 2 aromatic rings. The summed E-state index contributed by atoms with van der Waals surface area (Å²) in [6.07, 6.45) is 0. The number of hydrogen-bond donors (Lipinski definition) is 3. The van der Waals surface area contributed by atoms with Crippen LogP contribution in [-0.2, 0) is 0 Å². The highest BCUT2D eigenvalue weighted by Crippen LogP contribution is 2.22. The van der Waals surface area contributed by atoms with Crippen LogP contribution in [0.5, 0.6) is 5.75 Å². The van der Waals surface area contributed by atoms with Gasteiger partial charge in [-0.25, -0.2) is 0 Å². The van der Waals surface area contributed by atoms with Gasteiger partial charge >= 0.3 is 0 Å². The zero-order valence-electron chi connectivity index (χ0n) is 8.67. The molecule has 0 aromatic heterocycles. The van der Waals surface area contributed by atoms with E-state index in [1.54, 1.807) is 24.3 Å². The maximum absolute atomic E-state index is 9.20. The summed E-state index contributed by atoms with van der Waals surface area (Å²) >= 11 is 0. The molecule has 0 aliphatic heterocycles. The van der Waals surface area contributed by atoms with Crippen molar-refractivity contribution in [2.45, 2.75) is 6.04 Å². The van der Waals surface area contributed by atoms with E-state index in [2.05, 4.69) is 5.48 Å². The molecule has 2 rings (SSSR count). The van der Waals surface area contributed by atoms with Crippen molar-refractivity contribution in [3.8, 4) is 5.75 Å². The fourth-order valence-corrected chi connectivity index (χ4v) is 1.65. The molecule has 0 amide bonds. The molecule has 0 saturated heterocycles. The number of benzene rings is 2. The Bertz CT molecular complexity index is 439. The minimum absolute atomic E-state index is 0.216. The van der Waals surface area contributed by atoms with Gasteiger partial charge in [0.15, 0.2) is 0 Å². The Balaban J connectivity index is 2.33. The number of phenolic OH excluding ortho intramolecular Hbond substituents is 1. The van der Waals surface area contributed by atoms with Gasteiger partial charge in [-0.1, -0.05) is 42.5 Å². The lowest BCUT2D eigenvalue weighted by Gasteiger charge is -2.15. The highest BCUT2D eigenvalue weighted by Gasteiger charge is 2.11. The van der Waals surface area contributed by atoms with Gasteiger partial charge in [-0.15, -0.1) is 0 Å². The van der Waals surface area contributed by atoms with E-state index in [4.69, 9.17) is 0 Å². The van der Waals surface area contributed by atoms with Crippen LogP contribution in [0.2, 0.25) is 0 Å². The Morgan fingerprint density at radius 3 is 1.94 bits per heavy atom. The van der Waals surface area contributed by atoms with Crippen molar-refractivity contribution in [1.29, 1.82) is 0 Å². The molecule has 0 radical (unpaired) electrons. The molecule has 3 nitrogen and oxygen atoms in total. The highest BCUT2D eigenvalue weighted by molar-refractivity contribution is 5.34. The largest absolute Gasteiger partial charge is 0.508 e. The van der Waals surface area contributed by atoms with Crippen molar-refractivity contribution in [2.75, 3.05) is 0 Å². The topological polar surface area (TPSA) is 52.5 Å². The van der Waals surface area contributed by atoms with Crippen LogP contribution in [0, 0.1) is 0 Å². The Hall–Kier alpha value is -1.84. The van der Waals surface area contributed by atoms with E-state index in [-0.39, 0.29) is 11.8 Å². The van der Waals surface area contributed by atoms with Gasteiger partial charge in [-0.05, 0) is 23.3 Å². The van der Waals surface area contributed by atoms with Gasteiger partial charge < -0.3 is 10.3 Å². The van der Waals surface area contributed by atoms with E-state index in [1.807, 2.05) is 30.3 Å². The fraction of sp³-hybridized carbons (Fsp3) is 0.0769. The first-order chi connectivity index (χ1) is 7.81. The van der Waals surface area contributed by atoms with Crippen LogP contribution < -0.4 is 5.48 Å². The summed E-state index contributed by atoms with van der Waals surface area (Å²) in [5.41, 5.74) is 4.14. The molecular weight excluding hydrogens is 202 g/mol. The molecule has 82 valence electrons. The van der Waals surface area contributed by atoms with E-state index in [1.165, 1.54) is 0 Å². The quantitative estimate of drug-likeness (QED) is 0.689. The van der Waals surface area contributed by atoms with Crippen LogP contribution in [0.1, 0.15) is 17.2 Å². The van der Waals surface area contributed by atoms with Crippen molar-refractivity contribution < 1.29 is 10.3 Å². The molecule has 0 saturated carbocycles. The van der Waals surface area contributed by atoms with Crippen molar-refractivity contribution in [3.05, 3.63) is 65.7 Å². The number of nitrogens with one attached hydrogen (secondary N) is 1. The third kappa shape index (κ3) is 2.21. The van der Waals surface area contributed by atoms with E-state index >= 15 is 0 Å². The van der Waals surface area contributed by atoms with Gasteiger partial charge in [0.1, 0.15) is 5.75 Å². The Morgan fingerprint density at radius 2 is 1.38 bits per heavy atom. The van der Waals surface area contributed by atoms with Gasteiger partial charge in [0.2, 0.25) is 0 Å². The molecule has 1 atom stereocenters. The van der Waals surface area contributed by atoms with Crippen molar-refractivity contribution in [3.63, 3.8) is 0 Å². The maximum atomic E-state index is 9.20. The molecule has 0 bridgehead atoms. The van der Waals surface area contributed by atoms with E-state index in [9.17, 15) is 10.3 Å². The first-order valence-electron chi connectivity index (χ1n) is 5.05. The summed E-state index contributed by atoms with van der Waals surface area (Å²) in [5, 5.41) is 18.4. The minimum atomic E-state index is -0.276. The molecule has 2 aromatic carbocycles. The second-order valence-electron chi connectivity index (χ2n) is 3.56. The van der Waals surface area contributed by atoms with Crippen molar-refractivity contribution in [1.82, 2.24) is 5.48 Å². The Labute approximate surface area is 93.9 Å². The van der Waals surface area contributed by atoms with Crippen molar-refractivity contribution >= 4 is 0 Å².